The predicted octanol–water partition coefficient (Wildman–Crippen LogP) is 4.62. The summed E-state index contributed by atoms with van der Waals surface area (Å²) < 4.78 is 31.7. The first kappa shape index (κ1) is 30.4. The molecule has 1 N–H and O–H groups in total. The Labute approximate surface area is 226 Å². The quantitative estimate of drug-likeness (QED) is 0.326. The number of ether oxygens (including phenoxy) is 1. The SMILES string of the molecule is CCCCNC(=O)[C@@H](CC)N(Cc1ccccc1Cl)C(=O)CCCN(c1ccccc1OC)S(C)(=O)=O. The van der Waals surface area contributed by atoms with Crippen molar-refractivity contribution in [2.24, 2.45) is 0 Å². The molecule has 0 unspecified atom stereocenters. The molecule has 1 atom stereocenters. The first-order valence-corrected chi connectivity index (χ1v) is 14.8. The zero-order valence-electron chi connectivity index (χ0n) is 22.1. The summed E-state index contributed by atoms with van der Waals surface area (Å²) >= 11 is 6.37. The maximum Gasteiger partial charge on any atom is 0.242 e. The van der Waals surface area contributed by atoms with Gasteiger partial charge < -0.3 is 15.0 Å². The molecule has 204 valence electrons. The van der Waals surface area contributed by atoms with Crippen LogP contribution in [-0.4, -0.2) is 57.6 Å². The summed E-state index contributed by atoms with van der Waals surface area (Å²) in [5.74, 6) is -0.0246. The van der Waals surface area contributed by atoms with E-state index in [1.807, 2.05) is 32.0 Å². The van der Waals surface area contributed by atoms with Gasteiger partial charge in [0.15, 0.2) is 0 Å². The van der Waals surface area contributed by atoms with Crippen LogP contribution in [0.3, 0.4) is 0 Å². The van der Waals surface area contributed by atoms with Crippen LogP contribution in [0.25, 0.3) is 0 Å². The molecule has 0 saturated carbocycles. The molecule has 0 radical (unpaired) electrons. The first-order chi connectivity index (χ1) is 17.6. The highest BCUT2D eigenvalue weighted by Crippen LogP contribution is 2.30. The summed E-state index contributed by atoms with van der Waals surface area (Å²) in [5, 5.41) is 3.45. The number of carbonyl (C=O) groups is 2. The number of nitrogens with zero attached hydrogens (tertiary/aromatic N) is 2. The minimum absolute atomic E-state index is 0.0599. The number of unbranched alkanes of at least 4 members (excludes halogenated alkanes) is 1. The molecule has 10 heteroatoms. The van der Waals surface area contributed by atoms with Crippen LogP contribution < -0.4 is 14.4 Å². The second-order valence-corrected chi connectivity index (χ2v) is 11.1. The van der Waals surface area contributed by atoms with E-state index in [-0.39, 0.29) is 37.7 Å². The van der Waals surface area contributed by atoms with E-state index < -0.39 is 16.1 Å². The highest BCUT2D eigenvalue weighted by molar-refractivity contribution is 7.92. The first-order valence-electron chi connectivity index (χ1n) is 12.5. The van der Waals surface area contributed by atoms with Crippen LogP contribution in [0, 0.1) is 0 Å². The van der Waals surface area contributed by atoms with Gasteiger partial charge >= 0.3 is 0 Å². The summed E-state index contributed by atoms with van der Waals surface area (Å²) in [7, 11) is -2.15. The lowest BCUT2D eigenvalue weighted by Crippen LogP contribution is -2.49. The van der Waals surface area contributed by atoms with Gasteiger partial charge in [-0.2, -0.15) is 0 Å². The second-order valence-electron chi connectivity index (χ2n) is 8.79. The molecule has 0 fully saturated rings. The largest absolute Gasteiger partial charge is 0.495 e. The third kappa shape index (κ3) is 8.93. The Kier molecular flexibility index (Phi) is 12.2. The molecule has 2 amide bonds. The standard InChI is InChI=1S/C27H38ClN3O5S/c1-5-7-18-29-27(33)23(6-2)30(20-21-13-8-9-14-22(21)28)26(32)17-12-19-31(37(4,34)35)24-15-10-11-16-25(24)36-3/h8-11,13-16,23H,5-7,12,17-20H2,1-4H3,(H,29,33)/t23-/m1/s1. The van der Waals surface area contributed by atoms with Crippen molar-refractivity contribution in [2.45, 2.75) is 58.5 Å². The zero-order valence-corrected chi connectivity index (χ0v) is 23.6. The second kappa shape index (κ2) is 14.8. The molecular weight excluding hydrogens is 514 g/mol. The maximum absolute atomic E-state index is 13.5. The van der Waals surface area contributed by atoms with Crippen molar-refractivity contribution in [1.82, 2.24) is 10.2 Å². The topological polar surface area (TPSA) is 96.0 Å². The van der Waals surface area contributed by atoms with Gasteiger partial charge in [-0.1, -0.05) is 62.2 Å². The number of carbonyl (C=O) groups excluding carboxylic acids is 2. The fraction of sp³-hybridized carbons (Fsp3) is 0.481. The lowest BCUT2D eigenvalue weighted by molar-refractivity contribution is -0.141. The minimum atomic E-state index is -3.62. The van der Waals surface area contributed by atoms with Gasteiger partial charge in [0.05, 0.1) is 19.1 Å². The number of benzene rings is 2. The number of para-hydroxylation sites is 2. The highest BCUT2D eigenvalue weighted by Gasteiger charge is 2.29. The number of sulfonamides is 1. The monoisotopic (exact) mass is 551 g/mol. The zero-order chi connectivity index (χ0) is 27.4. The Morgan fingerprint density at radius 1 is 1.05 bits per heavy atom. The smallest absolute Gasteiger partial charge is 0.242 e. The van der Waals surface area contributed by atoms with Crippen LogP contribution in [-0.2, 0) is 26.2 Å². The molecule has 0 aliphatic rings. The number of nitrogens with one attached hydrogen (secondary N) is 1. The van der Waals surface area contributed by atoms with Crippen molar-refractivity contribution < 1.29 is 22.7 Å². The summed E-state index contributed by atoms with van der Waals surface area (Å²) in [6, 6.07) is 13.4. The van der Waals surface area contributed by atoms with Gasteiger partial charge in [-0.05, 0) is 43.0 Å². The number of anilines is 1. The molecule has 2 rings (SSSR count). The normalized spacial score (nSPS) is 12.0. The van der Waals surface area contributed by atoms with Gasteiger partial charge in [-0.25, -0.2) is 8.42 Å². The van der Waals surface area contributed by atoms with Crippen molar-refractivity contribution in [2.75, 3.05) is 30.8 Å². The number of hydrogen-bond acceptors (Lipinski definition) is 5. The van der Waals surface area contributed by atoms with Crippen molar-refractivity contribution in [3.05, 3.63) is 59.1 Å². The van der Waals surface area contributed by atoms with Crippen LogP contribution in [0.2, 0.25) is 5.02 Å². The van der Waals surface area contributed by atoms with Crippen molar-refractivity contribution >= 4 is 39.1 Å². The minimum Gasteiger partial charge on any atom is -0.495 e. The van der Waals surface area contributed by atoms with E-state index in [9.17, 15) is 18.0 Å². The molecule has 0 aromatic heterocycles. The van der Waals surface area contributed by atoms with E-state index in [0.717, 1.165) is 24.7 Å². The van der Waals surface area contributed by atoms with Gasteiger partial charge in [0.2, 0.25) is 21.8 Å². The van der Waals surface area contributed by atoms with Gasteiger partial charge in [0.1, 0.15) is 11.8 Å². The third-order valence-electron chi connectivity index (χ3n) is 6.02. The van der Waals surface area contributed by atoms with Crippen molar-refractivity contribution in [3.63, 3.8) is 0 Å². The molecule has 0 aliphatic carbocycles. The van der Waals surface area contributed by atoms with E-state index >= 15 is 0 Å². The molecule has 0 heterocycles. The van der Waals surface area contributed by atoms with Crippen molar-refractivity contribution in [3.8, 4) is 5.75 Å². The summed E-state index contributed by atoms with van der Waals surface area (Å²) in [6.45, 7) is 4.72. The number of hydrogen-bond donors (Lipinski definition) is 1. The number of methoxy groups -OCH3 is 1. The molecule has 2 aromatic rings. The molecule has 0 saturated heterocycles. The summed E-state index contributed by atoms with van der Waals surface area (Å²) in [4.78, 5) is 28.0. The molecule has 0 bridgehead atoms. The molecule has 37 heavy (non-hydrogen) atoms. The van der Waals surface area contributed by atoms with Crippen LogP contribution in [0.5, 0.6) is 5.75 Å². The Morgan fingerprint density at radius 2 is 1.73 bits per heavy atom. The van der Waals surface area contributed by atoms with Gasteiger partial charge in [-0.3, -0.25) is 13.9 Å². The van der Waals surface area contributed by atoms with E-state index in [4.69, 9.17) is 16.3 Å². The lowest BCUT2D eigenvalue weighted by atomic mass is 10.1. The highest BCUT2D eigenvalue weighted by atomic mass is 35.5. The fourth-order valence-electron chi connectivity index (χ4n) is 4.05. The van der Waals surface area contributed by atoms with Gasteiger partial charge in [-0.15, -0.1) is 0 Å². The molecular formula is C27H38ClN3O5S. The Morgan fingerprint density at radius 3 is 2.35 bits per heavy atom. The molecule has 0 aliphatic heterocycles. The van der Waals surface area contributed by atoms with E-state index in [1.54, 1.807) is 35.2 Å². The number of rotatable bonds is 15. The van der Waals surface area contributed by atoms with Crippen molar-refractivity contribution in [1.29, 1.82) is 0 Å². The summed E-state index contributed by atoms with van der Waals surface area (Å²) in [5.41, 5.74) is 1.15. The van der Waals surface area contributed by atoms with Crippen LogP contribution in [0.1, 0.15) is 51.5 Å². The van der Waals surface area contributed by atoms with Crippen LogP contribution >= 0.6 is 11.6 Å². The Bertz CT molecular complexity index is 1140. The predicted molar refractivity (Wildman–Crippen MR) is 148 cm³/mol. The van der Waals surface area contributed by atoms with E-state index in [2.05, 4.69) is 5.32 Å². The average Bonchev–Trinajstić information content (AvgIpc) is 2.87. The van der Waals surface area contributed by atoms with Crippen LogP contribution in [0.4, 0.5) is 5.69 Å². The summed E-state index contributed by atoms with van der Waals surface area (Å²) in [6.07, 6.45) is 3.68. The maximum atomic E-state index is 13.5. The Balaban J connectivity index is 2.23. The molecule has 2 aromatic carbocycles. The number of amides is 2. The molecule has 8 nitrogen and oxygen atoms in total. The average molecular weight is 552 g/mol. The number of halogens is 1. The van der Waals surface area contributed by atoms with E-state index in [1.165, 1.54) is 11.4 Å². The molecule has 0 spiro atoms. The third-order valence-corrected chi connectivity index (χ3v) is 7.57. The van der Waals surface area contributed by atoms with Crippen LogP contribution in [0.15, 0.2) is 48.5 Å². The van der Waals surface area contributed by atoms with Gasteiger partial charge in [0.25, 0.3) is 0 Å². The lowest BCUT2D eigenvalue weighted by Gasteiger charge is -2.31. The van der Waals surface area contributed by atoms with Gasteiger partial charge in [0, 0.05) is 31.1 Å². The van der Waals surface area contributed by atoms with E-state index in [0.29, 0.717) is 29.4 Å². The fourth-order valence-corrected chi connectivity index (χ4v) is 5.22. The Hall–Kier alpha value is -2.78.